The van der Waals surface area contributed by atoms with E-state index in [0.29, 0.717) is 36.0 Å². The third-order valence-electron chi connectivity index (χ3n) is 10.9. The molecule has 7 atom stereocenters. The van der Waals surface area contributed by atoms with Crippen LogP contribution in [-0.4, -0.2) is 45.4 Å². The monoisotopic (exact) mass is 512 g/mol. The summed E-state index contributed by atoms with van der Waals surface area (Å²) in [5, 5.41) is 20.7. The average molecular weight is 513 g/mol. The highest BCUT2D eigenvalue weighted by molar-refractivity contribution is 6.06. The highest BCUT2D eigenvalue weighted by atomic mass is 16.4. The summed E-state index contributed by atoms with van der Waals surface area (Å²) in [5.74, 6) is -2.74. The molecule has 0 aromatic rings. The zero-order valence-electron chi connectivity index (χ0n) is 23.1. The fourth-order valence-electron chi connectivity index (χ4n) is 8.51. The molecule has 2 fully saturated rings. The molecular formula is C30H40O7. The average Bonchev–Trinajstić information content (AvgIpc) is 2.99. The first-order chi connectivity index (χ1) is 16.9. The predicted molar refractivity (Wildman–Crippen MR) is 136 cm³/mol. The molecule has 7 nitrogen and oxygen atoms in total. The van der Waals surface area contributed by atoms with Gasteiger partial charge in [-0.25, -0.2) is 0 Å². The number of carboxylic acid groups (broad SMARTS) is 1. The Labute approximate surface area is 218 Å². The second kappa shape index (κ2) is 8.55. The normalized spacial score (nSPS) is 40.2. The number of hydrogen-bond acceptors (Lipinski definition) is 6. The minimum absolute atomic E-state index is 0.0497. The third-order valence-corrected chi connectivity index (χ3v) is 10.9. The number of aliphatic carboxylic acids is 1. The highest BCUT2D eigenvalue weighted by Crippen LogP contribution is 2.70. The van der Waals surface area contributed by atoms with E-state index in [2.05, 4.69) is 0 Å². The summed E-state index contributed by atoms with van der Waals surface area (Å²) in [7, 11) is 0. The summed E-state index contributed by atoms with van der Waals surface area (Å²) in [5.41, 5.74) is -1.43. The van der Waals surface area contributed by atoms with Crippen LogP contribution in [-0.2, 0) is 24.0 Å². The molecule has 0 aliphatic heterocycles. The molecule has 0 amide bonds. The van der Waals surface area contributed by atoms with Crippen molar-refractivity contribution in [3.05, 3.63) is 22.8 Å². The third kappa shape index (κ3) is 3.67. The molecule has 7 heteroatoms. The van der Waals surface area contributed by atoms with E-state index in [9.17, 15) is 29.1 Å². The van der Waals surface area contributed by atoms with E-state index in [-0.39, 0.29) is 54.2 Å². The molecule has 0 aromatic carbocycles. The van der Waals surface area contributed by atoms with Crippen molar-refractivity contribution in [3.63, 3.8) is 0 Å². The number of fused-ring (bicyclic) bond motifs is 4. The van der Waals surface area contributed by atoms with E-state index in [0.717, 1.165) is 0 Å². The molecule has 0 bridgehead atoms. The van der Waals surface area contributed by atoms with Crippen LogP contribution in [0.2, 0.25) is 0 Å². The molecule has 2 N–H and O–H groups in total. The van der Waals surface area contributed by atoms with Crippen LogP contribution in [0.3, 0.4) is 0 Å². The maximum absolute atomic E-state index is 14.0. The Morgan fingerprint density at radius 3 is 2.30 bits per heavy atom. The van der Waals surface area contributed by atoms with Gasteiger partial charge in [0.25, 0.3) is 0 Å². The molecule has 0 aromatic heterocycles. The van der Waals surface area contributed by atoms with Crippen molar-refractivity contribution in [1.82, 2.24) is 0 Å². The lowest BCUT2D eigenvalue weighted by atomic mass is 9.42. The van der Waals surface area contributed by atoms with Crippen LogP contribution in [0.4, 0.5) is 0 Å². The first kappa shape index (κ1) is 27.6. The molecule has 0 saturated heterocycles. The maximum atomic E-state index is 14.0. The molecule has 4 rings (SSSR count). The van der Waals surface area contributed by atoms with Gasteiger partial charge in [-0.15, -0.1) is 0 Å². The van der Waals surface area contributed by atoms with Gasteiger partial charge in [0, 0.05) is 42.1 Å². The number of aliphatic hydroxyl groups excluding tert-OH is 1. The molecule has 2 saturated carbocycles. The molecule has 0 heterocycles. The standard InChI is InChI=1S/C30H40O7/c1-15(10-17(31)11-16(2)26(36)37)18-12-23(35)30(7)25-19(32)13-21-27(3,4)22(34)8-9-28(21,5)24(25)20(33)14-29(18,30)6/h10,16,18-19,21,32H,8-9,11-14H2,1-7H3,(H,36,37)/b15-10+/t16?,18-,19+,21?,28+,29-,30+/m1/s1. The van der Waals surface area contributed by atoms with E-state index in [1.807, 2.05) is 34.6 Å². The number of carbonyl (C=O) groups is 5. The van der Waals surface area contributed by atoms with Crippen molar-refractivity contribution in [3.8, 4) is 0 Å². The van der Waals surface area contributed by atoms with Gasteiger partial charge >= 0.3 is 5.97 Å². The van der Waals surface area contributed by atoms with E-state index in [4.69, 9.17) is 5.11 Å². The van der Waals surface area contributed by atoms with E-state index in [1.54, 1.807) is 6.92 Å². The second-order valence-corrected chi connectivity index (χ2v) is 13.3. The number of hydrogen-bond donors (Lipinski definition) is 2. The van der Waals surface area contributed by atoms with Crippen LogP contribution < -0.4 is 0 Å². The minimum Gasteiger partial charge on any atom is -0.481 e. The molecule has 0 spiro atoms. The second-order valence-electron chi connectivity index (χ2n) is 13.3. The van der Waals surface area contributed by atoms with E-state index >= 15 is 0 Å². The van der Waals surface area contributed by atoms with Gasteiger partial charge in [0.15, 0.2) is 11.6 Å². The SMILES string of the molecule is C/C(=C\C(=O)CC(C)C(=O)O)[C@H]1CC(=O)[C@@]2(C)C3=C(C(=O)C[C@]12C)[C@@]1(C)CCC(=O)C(C)(C)C1C[C@@H]3O. The summed E-state index contributed by atoms with van der Waals surface area (Å²) in [4.78, 5) is 64.5. The van der Waals surface area contributed by atoms with E-state index in [1.165, 1.54) is 13.0 Å². The van der Waals surface area contributed by atoms with Crippen LogP contribution >= 0.6 is 0 Å². The molecule has 0 radical (unpaired) electrons. The lowest BCUT2D eigenvalue weighted by molar-refractivity contribution is -0.146. The van der Waals surface area contributed by atoms with Gasteiger partial charge in [0.05, 0.1) is 17.4 Å². The fourth-order valence-corrected chi connectivity index (χ4v) is 8.51. The summed E-state index contributed by atoms with van der Waals surface area (Å²) >= 11 is 0. The van der Waals surface area contributed by atoms with Crippen LogP contribution in [0.1, 0.15) is 87.0 Å². The van der Waals surface area contributed by atoms with Crippen LogP contribution in [0.15, 0.2) is 22.8 Å². The van der Waals surface area contributed by atoms with Crippen molar-refractivity contribution >= 4 is 29.1 Å². The number of aliphatic hydroxyl groups is 1. The van der Waals surface area contributed by atoms with Gasteiger partial charge in [-0.2, -0.15) is 0 Å². The topological polar surface area (TPSA) is 126 Å². The number of carboxylic acids is 1. The van der Waals surface area contributed by atoms with Crippen molar-refractivity contribution < 1.29 is 34.2 Å². The zero-order valence-corrected chi connectivity index (χ0v) is 23.1. The molecular weight excluding hydrogens is 472 g/mol. The van der Waals surface area contributed by atoms with Gasteiger partial charge in [0.1, 0.15) is 11.6 Å². The Kier molecular flexibility index (Phi) is 6.38. The van der Waals surface area contributed by atoms with Gasteiger partial charge < -0.3 is 10.2 Å². The lowest BCUT2D eigenvalue weighted by Gasteiger charge is -2.60. The van der Waals surface area contributed by atoms with Gasteiger partial charge in [-0.1, -0.05) is 40.2 Å². The quantitative estimate of drug-likeness (QED) is 0.527. The molecule has 202 valence electrons. The first-order valence-electron chi connectivity index (χ1n) is 13.4. The van der Waals surface area contributed by atoms with Crippen LogP contribution in [0.25, 0.3) is 0 Å². The Balaban J connectivity index is 1.81. The minimum atomic E-state index is -1.08. The summed E-state index contributed by atoms with van der Waals surface area (Å²) in [6, 6.07) is 0. The summed E-state index contributed by atoms with van der Waals surface area (Å²) in [6.45, 7) is 12.9. The number of Topliss-reactive ketones (excluding diaryl/α,β-unsaturated/α-hetero) is 3. The smallest absolute Gasteiger partial charge is 0.306 e. The summed E-state index contributed by atoms with van der Waals surface area (Å²) < 4.78 is 0. The summed E-state index contributed by atoms with van der Waals surface area (Å²) in [6.07, 6.45) is 1.78. The number of rotatable bonds is 5. The molecule has 4 aliphatic rings. The Morgan fingerprint density at radius 2 is 1.70 bits per heavy atom. The fraction of sp³-hybridized carbons (Fsp3) is 0.700. The maximum Gasteiger partial charge on any atom is 0.306 e. The van der Waals surface area contributed by atoms with E-state index < -0.39 is 39.7 Å². The Hall–Kier alpha value is -2.41. The molecule has 4 aliphatic carbocycles. The number of carbonyl (C=O) groups excluding carboxylic acids is 4. The van der Waals surface area contributed by atoms with Gasteiger partial charge in [-0.3, -0.25) is 24.0 Å². The van der Waals surface area contributed by atoms with Crippen LogP contribution in [0.5, 0.6) is 0 Å². The van der Waals surface area contributed by atoms with Crippen molar-refractivity contribution in [2.45, 2.75) is 93.1 Å². The van der Waals surface area contributed by atoms with Crippen molar-refractivity contribution in [2.75, 3.05) is 0 Å². The van der Waals surface area contributed by atoms with Crippen molar-refractivity contribution in [2.24, 2.45) is 39.4 Å². The Bertz CT molecular complexity index is 1170. The largest absolute Gasteiger partial charge is 0.481 e. The zero-order chi connectivity index (χ0) is 27.9. The molecule has 37 heavy (non-hydrogen) atoms. The van der Waals surface area contributed by atoms with Crippen molar-refractivity contribution in [1.29, 1.82) is 0 Å². The van der Waals surface area contributed by atoms with Crippen LogP contribution in [0, 0.1) is 39.4 Å². The van der Waals surface area contributed by atoms with Gasteiger partial charge in [0.2, 0.25) is 0 Å². The molecule has 2 unspecified atom stereocenters. The van der Waals surface area contributed by atoms with Gasteiger partial charge in [-0.05, 0) is 55.6 Å². The highest BCUT2D eigenvalue weighted by Gasteiger charge is 2.70. The number of allylic oxidation sites excluding steroid dienone is 3. The predicted octanol–water partition coefficient (Wildman–Crippen LogP) is 4.26. The first-order valence-corrected chi connectivity index (χ1v) is 13.4. The number of ketones is 4. The Morgan fingerprint density at radius 1 is 1.08 bits per heavy atom. The lowest BCUT2D eigenvalue weighted by Crippen LogP contribution is -2.59.